The zero-order chi connectivity index (χ0) is 13.9. The molecule has 1 aromatic carbocycles. The predicted molar refractivity (Wildman–Crippen MR) is 75.8 cm³/mol. The van der Waals surface area contributed by atoms with E-state index in [1.54, 1.807) is 13.2 Å². The maximum Gasteiger partial charge on any atom is 0.185 e. The molecule has 0 saturated heterocycles. The van der Waals surface area contributed by atoms with Gasteiger partial charge in [-0.3, -0.25) is 4.79 Å². The molecule has 0 heterocycles. The third kappa shape index (κ3) is 2.77. The van der Waals surface area contributed by atoms with Crippen LogP contribution in [0, 0.1) is 5.92 Å². The molecule has 0 bridgehead atoms. The smallest absolute Gasteiger partial charge is 0.185 e. The van der Waals surface area contributed by atoms with Crippen LogP contribution in [0.15, 0.2) is 36.4 Å². The number of nitrogens with one attached hydrogen (secondary N) is 1. The molecule has 0 aromatic heterocycles. The van der Waals surface area contributed by atoms with E-state index in [1.807, 2.05) is 30.3 Å². The number of hydrogen-bond donors (Lipinski definition) is 1. The van der Waals surface area contributed by atoms with Crippen LogP contribution in [0.4, 0.5) is 0 Å². The van der Waals surface area contributed by atoms with E-state index in [9.17, 15) is 4.79 Å². The Morgan fingerprint density at radius 1 is 1.32 bits per heavy atom. The Morgan fingerprint density at radius 3 is 2.74 bits per heavy atom. The van der Waals surface area contributed by atoms with Crippen molar-refractivity contribution in [3.05, 3.63) is 47.5 Å². The van der Waals surface area contributed by atoms with E-state index in [1.165, 1.54) is 0 Å². The van der Waals surface area contributed by atoms with Gasteiger partial charge in [-0.2, -0.15) is 5.48 Å². The minimum absolute atomic E-state index is 0.0636. The lowest BCUT2D eigenvalue weighted by molar-refractivity contribution is 0.0236. The fraction of sp³-hybridized carbons (Fsp3) is 0.438. The molecule has 0 aliphatic heterocycles. The van der Waals surface area contributed by atoms with Crippen molar-refractivity contribution < 1.29 is 9.63 Å². The van der Waals surface area contributed by atoms with Crippen molar-refractivity contribution in [1.82, 2.24) is 5.48 Å². The van der Waals surface area contributed by atoms with Gasteiger partial charge in [0.1, 0.15) is 0 Å². The van der Waals surface area contributed by atoms with Gasteiger partial charge in [-0.1, -0.05) is 44.2 Å². The number of benzene rings is 1. The monoisotopic (exact) mass is 259 g/mol. The van der Waals surface area contributed by atoms with Crippen molar-refractivity contribution in [2.75, 3.05) is 7.11 Å². The molecule has 0 radical (unpaired) electrons. The molecule has 19 heavy (non-hydrogen) atoms. The van der Waals surface area contributed by atoms with Crippen LogP contribution in [0.3, 0.4) is 0 Å². The van der Waals surface area contributed by atoms with Gasteiger partial charge in [0.2, 0.25) is 0 Å². The summed E-state index contributed by atoms with van der Waals surface area (Å²) in [6.07, 6.45) is 5.54. The summed E-state index contributed by atoms with van der Waals surface area (Å²) in [5.41, 5.74) is 4.46. The summed E-state index contributed by atoms with van der Waals surface area (Å²) in [6, 6.07) is 7.74. The Kier molecular flexibility index (Phi) is 4.17. The Morgan fingerprint density at radius 2 is 2.05 bits per heavy atom. The van der Waals surface area contributed by atoms with Crippen molar-refractivity contribution in [1.29, 1.82) is 0 Å². The summed E-state index contributed by atoms with van der Waals surface area (Å²) in [5, 5.41) is 0. The molecule has 0 fully saturated rings. The van der Waals surface area contributed by atoms with Gasteiger partial charge in [-0.05, 0) is 30.4 Å². The van der Waals surface area contributed by atoms with Crippen molar-refractivity contribution in [3.63, 3.8) is 0 Å². The molecule has 1 aromatic rings. The lowest BCUT2D eigenvalue weighted by Crippen LogP contribution is -2.43. The Hall–Kier alpha value is -1.45. The van der Waals surface area contributed by atoms with E-state index in [2.05, 4.69) is 19.3 Å². The number of ketones is 1. The highest BCUT2D eigenvalue weighted by atomic mass is 16.6. The van der Waals surface area contributed by atoms with E-state index < -0.39 is 5.54 Å². The van der Waals surface area contributed by atoms with Gasteiger partial charge < -0.3 is 4.84 Å². The van der Waals surface area contributed by atoms with Gasteiger partial charge in [-0.15, -0.1) is 0 Å². The van der Waals surface area contributed by atoms with E-state index in [0.29, 0.717) is 5.92 Å². The fourth-order valence-electron chi connectivity index (χ4n) is 2.54. The average molecular weight is 259 g/mol. The second kappa shape index (κ2) is 5.68. The number of fused-ring (bicyclic) bond motifs is 1. The first kappa shape index (κ1) is 14.0. The number of carbonyl (C=O) groups is 1. The van der Waals surface area contributed by atoms with Crippen LogP contribution in [-0.4, -0.2) is 12.9 Å². The molecule has 3 nitrogen and oxygen atoms in total. The topological polar surface area (TPSA) is 38.3 Å². The highest BCUT2D eigenvalue weighted by Crippen LogP contribution is 2.35. The van der Waals surface area contributed by atoms with Gasteiger partial charge in [0.15, 0.2) is 5.78 Å². The van der Waals surface area contributed by atoms with Crippen LogP contribution in [0.5, 0.6) is 0 Å². The second-order valence-electron chi connectivity index (χ2n) is 5.45. The molecule has 1 aliphatic carbocycles. The zero-order valence-corrected chi connectivity index (χ0v) is 11.8. The lowest BCUT2D eigenvalue weighted by Gasteiger charge is -2.35. The normalized spacial score (nSPS) is 21.8. The number of hydrogen-bond acceptors (Lipinski definition) is 3. The molecular formula is C16H21NO2. The summed E-state index contributed by atoms with van der Waals surface area (Å²) in [7, 11) is 1.62. The molecule has 3 heteroatoms. The predicted octanol–water partition coefficient (Wildman–Crippen LogP) is 3.22. The molecule has 0 saturated carbocycles. The van der Waals surface area contributed by atoms with E-state index in [0.717, 1.165) is 24.0 Å². The third-order valence-electron chi connectivity index (χ3n) is 3.59. The van der Waals surface area contributed by atoms with Crippen LogP contribution in [-0.2, 0) is 10.4 Å². The average Bonchev–Trinajstić information content (AvgIpc) is 2.41. The summed E-state index contributed by atoms with van der Waals surface area (Å²) in [5.74, 6) is 0.669. The molecule has 1 atom stereocenters. The first-order valence-corrected chi connectivity index (χ1v) is 6.72. The van der Waals surface area contributed by atoms with Crippen molar-refractivity contribution in [2.45, 2.75) is 32.2 Å². The summed E-state index contributed by atoms with van der Waals surface area (Å²) in [6.45, 7) is 4.40. The standard InChI is InChI=1S/C16H21NO2/c1-12(2)8-10-16(17-19-3)11-9-15(18)13-6-4-5-7-14(13)16/h4-7,9,11-12,17H,8,10H2,1-3H3. The third-order valence-corrected chi connectivity index (χ3v) is 3.59. The minimum atomic E-state index is -0.399. The molecule has 0 spiro atoms. The van der Waals surface area contributed by atoms with Crippen LogP contribution in [0.2, 0.25) is 0 Å². The van der Waals surface area contributed by atoms with E-state index in [-0.39, 0.29) is 5.78 Å². The summed E-state index contributed by atoms with van der Waals surface area (Å²) < 4.78 is 0. The second-order valence-corrected chi connectivity index (χ2v) is 5.45. The van der Waals surface area contributed by atoms with Gasteiger partial charge in [0, 0.05) is 5.56 Å². The Labute approximate surface area is 114 Å². The van der Waals surface area contributed by atoms with Gasteiger partial charge in [0.25, 0.3) is 0 Å². The number of hydroxylamine groups is 1. The number of rotatable bonds is 5. The maximum absolute atomic E-state index is 12.0. The van der Waals surface area contributed by atoms with Crippen molar-refractivity contribution in [3.8, 4) is 0 Å². The van der Waals surface area contributed by atoms with Crippen molar-refractivity contribution in [2.24, 2.45) is 5.92 Å². The quantitative estimate of drug-likeness (QED) is 0.825. The van der Waals surface area contributed by atoms with Crippen LogP contribution in [0.1, 0.15) is 42.6 Å². The van der Waals surface area contributed by atoms with Crippen LogP contribution >= 0.6 is 0 Å². The first-order chi connectivity index (χ1) is 9.09. The SMILES string of the molecule is CONC1(CCC(C)C)C=CC(=O)c2ccccc21. The minimum Gasteiger partial charge on any atom is -0.304 e. The first-order valence-electron chi connectivity index (χ1n) is 6.72. The van der Waals surface area contributed by atoms with Gasteiger partial charge in [-0.25, -0.2) is 0 Å². The molecule has 1 N–H and O–H groups in total. The van der Waals surface area contributed by atoms with Gasteiger partial charge in [0.05, 0.1) is 12.6 Å². The molecule has 2 rings (SSSR count). The largest absolute Gasteiger partial charge is 0.304 e. The molecule has 0 amide bonds. The summed E-state index contributed by atoms with van der Waals surface area (Å²) in [4.78, 5) is 17.2. The van der Waals surface area contributed by atoms with Gasteiger partial charge >= 0.3 is 0 Å². The Bertz CT molecular complexity index is 493. The van der Waals surface area contributed by atoms with Crippen LogP contribution in [0.25, 0.3) is 0 Å². The molecule has 102 valence electrons. The maximum atomic E-state index is 12.0. The van der Waals surface area contributed by atoms with E-state index in [4.69, 9.17) is 4.84 Å². The summed E-state index contributed by atoms with van der Waals surface area (Å²) >= 11 is 0. The molecule has 1 aliphatic rings. The number of carbonyl (C=O) groups excluding carboxylic acids is 1. The highest BCUT2D eigenvalue weighted by Gasteiger charge is 2.35. The molecular weight excluding hydrogens is 238 g/mol. The van der Waals surface area contributed by atoms with E-state index >= 15 is 0 Å². The Balaban J connectivity index is 2.42. The zero-order valence-electron chi connectivity index (χ0n) is 11.8. The lowest BCUT2D eigenvalue weighted by atomic mass is 9.77. The number of allylic oxidation sites excluding steroid dienone is 1. The highest BCUT2D eigenvalue weighted by molar-refractivity contribution is 6.07. The fourth-order valence-corrected chi connectivity index (χ4v) is 2.54. The van der Waals surface area contributed by atoms with Crippen molar-refractivity contribution >= 4 is 5.78 Å². The molecule has 1 unspecified atom stereocenters. The van der Waals surface area contributed by atoms with Crippen LogP contribution < -0.4 is 5.48 Å².